The minimum absolute atomic E-state index is 0.120. The Bertz CT molecular complexity index is 894. The number of carbonyl (C=O) groups is 1. The second-order valence-electron chi connectivity index (χ2n) is 7.10. The summed E-state index contributed by atoms with van der Waals surface area (Å²) in [6, 6.07) is 16.4. The third kappa shape index (κ3) is 3.96. The third-order valence-electron chi connectivity index (χ3n) is 5.05. The number of carbonyl (C=O) groups excluding carboxylic acids is 1. The first-order chi connectivity index (χ1) is 13.1. The second-order valence-corrected chi connectivity index (χ2v) is 8.14. The van der Waals surface area contributed by atoms with Crippen LogP contribution < -0.4 is 10.2 Å². The number of hydrogen-bond acceptors (Lipinski definition) is 5. The van der Waals surface area contributed by atoms with Gasteiger partial charge in [-0.1, -0.05) is 23.5 Å². The van der Waals surface area contributed by atoms with E-state index in [9.17, 15) is 4.79 Å². The molecule has 5 nitrogen and oxygen atoms in total. The summed E-state index contributed by atoms with van der Waals surface area (Å²) < 4.78 is 1.07. The van der Waals surface area contributed by atoms with Crippen LogP contribution in [0.15, 0.2) is 48.5 Å². The molecular formula is C21H24N4OS. The lowest BCUT2D eigenvalue weighted by Gasteiger charge is -2.38. The lowest BCUT2D eigenvalue weighted by atomic mass is 10.1. The molecule has 2 aromatic carbocycles. The molecule has 0 spiro atoms. The molecule has 1 aromatic heterocycles. The molecule has 0 unspecified atom stereocenters. The summed E-state index contributed by atoms with van der Waals surface area (Å²) >= 11 is 1.49. The number of fused-ring (bicyclic) bond motifs is 1. The maximum Gasteiger partial charge on any atom is 0.257 e. The predicted octanol–water partition coefficient (Wildman–Crippen LogP) is 4.08. The van der Waals surface area contributed by atoms with Gasteiger partial charge >= 0.3 is 0 Å². The summed E-state index contributed by atoms with van der Waals surface area (Å²) in [5.74, 6) is -0.120. The first kappa shape index (κ1) is 17.9. The Balaban J connectivity index is 1.40. The van der Waals surface area contributed by atoms with Gasteiger partial charge in [0.2, 0.25) is 0 Å². The van der Waals surface area contributed by atoms with E-state index in [1.807, 2.05) is 48.5 Å². The second kappa shape index (κ2) is 7.66. The highest BCUT2D eigenvalue weighted by Crippen LogP contribution is 2.26. The van der Waals surface area contributed by atoms with Crippen LogP contribution in [-0.4, -0.2) is 48.0 Å². The number of hydrogen-bond donors (Lipinski definition) is 1. The fraction of sp³-hybridized carbons (Fsp3) is 0.333. The molecule has 0 bridgehead atoms. The van der Waals surface area contributed by atoms with Gasteiger partial charge in [0.1, 0.15) is 0 Å². The van der Waals surface area contributed by atoms with E-state index in [0.717, 1.165) is 36.4 Å². The average molecular weight is 381 g/mol. The van der Waals surface area contributed by atoms with Crippen LogP contribution >= 0.6 is 11.3 Å². The molecule has 140 valence electrons. The van der Waals surface area contributed by atoms with Gasteiger partial charge < -0.3 is 4.90 Å². The van der Waals surface area contributed by atoms with Gasteiger partial charge in [-0.3, -0.25) is 15.0 Å². The maximum atomic E-state index is 12.5. The van der Waals surface area contributed by atoms with E-state index in [2.05, 4.69) is 33.9 Å². The molecular weight excluding hydrogens is 356 g/mol. The number of nitrogens with one attached hydrogen (secondary N) is 1. The topological polar surface area (TPSA) is 48.5 Å². The van der Waals surface area contributed by atoms with E-state index in [1.54, 1.807) is 0 Å². The Morgan fingerprint density at radius 3 is 2.41 bits per heavy atom. The zero-order valence-electron chi connectivity index (χ0n) is 15.7. The lowest BCUT2D eigenvalue weighted by Crippen LogP contribution is -2.48. The van der Waals surface area contributed by atoms with Crippen molar-refractivity contribution in [3.05, 3.63) is 54.1 Å². The van der Waals surface area contributed by atoms with E-state index in [-0.39, 0.29) is 5.91 Å². The summed E-state index contributed by atoms with van der Waals surface area (Å²) in [4.78, 5) is 21.9. The summed E-state index contributed by atoms with van der Waals surface area (Å²) in [6.07, 6.45) is 0. The molecule has 1 aliphatic heterocycles. The number of para-hydroxylation sites is 1. The van der Waals surface area contributed by atoms with Crippen LogP contribution in [0.5, 0.6) is 0 Å². The van der Waals surface area contributed by atoms with Gasteiger partial charge in [0.05, 0.1) is 10.2 Å². The summed E-state index contributed by atoms with van der Waals surface area (Å²) in [5.41, 5.74) is 2.74. The van der Waals surface area contributed by atoms with E-state index >= 15 is 0 Å². The fourth-order valence-electron chi connectivity index (χ4n) is 3.42. The van der Waals surface area contributed by atoms with E-state index < -0.39 is 0 Å². The minimum Gasteiger partial charge on any atom is -0.369 e. The molecule has 1 saturated heterocycles. The number of anilines is 2. The molecule has 4 rings (SSSR count). The number of rotatable bonds is 4. The fourth-order valence-corrected chi connectivity index (χ4v) is 4.28. The van der Waals surface area contributed by atoms with Gasteiger partial charge in [-0.05, 0) is 50.2 Å². The number of nitrogens with zero attached hydrogens (tertiary/aromatic N) is 3. The number of benzene rings is 2. The molecule has 3 aromatic rings. The van der Waals surface area contributed by atoms with Crippen LogP contribution in [-0.2, 0) is 0 Å². The number of aromatic nitrogens is 1. The average Bonchev–Trinajstić information content (AvgIpc) is 3.10. The number of thiazole rings is 1. The number of amides is 1. The van der Waals surface area contributed by atoms with Crippen molar-refractivity contribution in [1.29, 1.82) is 0 Å². The van der Waals surface area contributed by atoms with Crippen molar-refractivity contribution < 1.29 is 4.79 Å². The van der Waals surface area contributed by atoms with Crippen LogP contribution in [0.3, 0.4) is 0 Å². The molecule has 1 fully saturated rings. The lowest BCUT2D eigenvalue weighted by molar-refractivity contribution is 0.102. The monoisotopic (exact) mass is 380 g/mol. The molecule has 0 atom stereocenters. The predicted molar refractivity (Wildman–Crippen MR) is 113 cm³/mol. The molecule has 27 heavy (non-hydrogen) atoms. The Hall–Kier alpha value is -2.44. The van der Waals surface area contributed by atoms with Gasteiger partial charge in [-0.25, -0.2) is 4.98 Å². The summed E-state index contributed by atoms with van der Waals surface area (Å²) in [5, 5.41) is 3.55. The minimum atomic E-state index is -0.120. The Kier molecular flexibility index (Phi) is 5.09. The smallest absolute Gasteiger partial charge is 0.257 e. The molecule has 1 aliphatic rings. The third-order valence-corrected chi connectivity index (χ3v) is 6.01. The highest BCUT2D eigenvalue weighted by molar-refractivity contribution is 7.22. The first-order valence-electron chi connectivity index (χ1n) is 9.36. The van der Waals surface area contributed by atoms with Crippen LogP contribution in [0.4, 0.5) is 10.8 Å². The first-order valence-corrected chi connectivity index (χ1v) is 10.2. The van der Waals surface area contributed by atoms with Gasteiger partial charge in [0.15, 0.2) is 5.13 Å². The Labute approximate surface area is 163 Å². The zero-order valence-corrected chi connectivity index (χ0v) is 16.5. The van der Waals surface area contributed by atoms with Crippen molar-refractivity contribution in [1.82, 2.24) is 9.88 Å². The van der Waals surface area contributed by atoms with Crippen molar-refractivity contribution in [2.75, 3.05) is 36.4 Å². The SMILES string of the molecule is CC(C)N1CCN(c2ccc(C(=O)Nc3nc4ccccc4s3)cc2)CC1. The van der Waals surface area contributed by atoms with Gasteiger partial charge in [-0.15, -0.1) is 0 Å². The van der Waals surface area contributed by atoms with Crippen molar-refractivity contribution in [2.24, 2.45) is 0 Å². The largest absolute Gasteiger partial charge is 0.369 e. The molecule has 1 amide bonds. The molecule has 0 aliphatic carbocycles. The van der Waals surface area contributed by atoms with Crippen molar-refractivity contribution in [3.63, 3.8) is 0 Å². The van der Waals surface area contributed by atoms with Crippen molar-refractivity contribution in [2.45, 2.75) is 19.9 Å². The van der Waals surface area contributed by atoms with E-state index in [1.165, 1.54) is 17.0 Å². The van der Waals surface area contributed by atoms with Gasteiger partial charge in [0.25, 0.3) is 5.91 Å². The zero-order chi connectivity index (χ0) is 18.8. The summed E-state index contributed by atoms with van der Waals surface area (Å²) in [7, 11) is 0. The van der Waals surface area contributed by atoms with Crippen LogP contribution in [0.2, 0.25) is 0 Å². The van der Waals surface area contributed by atoms with E-state index in [0.29, 0.717) is 16.7 Å². The van der Waals surface area contributed by atoms with Crippen LogP contribution in [0, 0.1) is 0 Å². The normalized spacial score (nSPS) is 15.4. The van der Waals surface area contributed by atoms with E-state index in [4.69, 9.17) is 0 Å². The number of piperazine rings is 1. The van der Waals surface area contributed by atoms with Crippen LogP contribution in [0.25, 0.3) is 10.2 Å². The Morgan fingerprint density at radius 1 is 1.04 bits per heavy atom. The standard InChI is InChI=1S/C21H24N4OS/c1-15(2)24-11-13-25(14-12-24)17-9-7-16(8-10-17)20(26)23-21-22-18-5-3-4-6-19(18)27-21/h3-10,15H,11-14H2,1-2H3,(H,22,23,26). The molecule has 0 radical (unpaired) electrons. The van der Waals surface area contributed by atoms with Crippen molar-refractivity contribution in [3.8, 4) is 0 Å². The van der Waals surface area contributed by atoms with Gasteiger partial charge in [-0.2, -0.15) is 0 Å². The molecule has 6 heteroatoms. The quantitative estimate of drug-likeness (QED) is 0.741. The molecule has 1 N–H and O–H groups in total. The van der Waals surface area contributed by atoms with Gasteiger partial charge in [0, 0.05) is 43.5 Å². The highest BCUT2D eigenvalue weighted by atomic mass is 32.1. The maximum absolute atomic E-state index is 12.5. The summed E-state index contributed by atoms with van der Waals surface area (Å²) in [6.45, 7) is 8.70. The highest BCUT2D eigenvalue weighted by Gasteiger charge is 2.19. The van der Waals surface area contributed by atoms with Crippen molar-refractivity contribution >= 4 is 38.3 Å². The Morgan fingerprint density at radius 2 is 1.74 bits per heavy atom. The van der Waals surface area contributed by atoms with Crippen LogP contribution in [0.1, 0.15) is 24.2 Å². The molecule has 0 saturated carbocycles. The molecule has 2 heterocycles.